The fraction of sp³-hybridized carbons (Fsp3) is 0.333. The quantitative estimate of drug-likeness (QED) is 0.482. The average molecular weight is 279 g/mol. The molecule has 0 saturated carbocycles. The third-order valence-electron chi connectivity index (χ3n) is 1.95. The summed E-state index contributed by atoms with van der Waals surface area (Å²) in [7, 11) is -3.59. The smallest absolute Gasteiger partial charge is 0.258 e. The Morgan fingerprint density at radius 3 is 2.59 bits per heavy atom. The summed E-state index contributed by atoms with van der Waals surface area (Å²) in [5.41, 5.74) is -0.0525. The van der Waals surface area contributed by atoms with Gasteiger partial charge in [-0.1, -0.05) is 18.2 Å². The molecule has 94 valence electrons. The van der Waals surface area contributed by atoms with Crippen LogP contribution in [-0.4, -0.2) is 25.8 Å². The van der Waals surface area contributed by atoms with Crippen LogP contribution in [0, 0.1) is 10.1 Å². The molecule has 0 aromatic heterocycles. The highest BCUT2D eigenvalue weighted by Gasteiger charge is 2.18. The molecule has 1 N–H and O–H groups in total. The van der Waals surface area contributed by atoms with Crippen molar-refractivity contribution < 1.29 is 13.3 Å². The number of halogens is 1. The van der Waals surface area contributed by atoms with Gasteiger partial charge in [0.25, 0.3) is 5.69 Å². The van der Waals surface area contributed by atoms with Crippen LogP contribution in [0.15, 0.2) is 24.3 Å². The predicted molar refractivity (Wildman–Crippen MR) is 64.4 cm³/mol. The van der Waals surface area contributed by atoms with Gasteiger partial charge in [0.05, 0.1) is 10.7 Å². The van der Waals surface area contributed by atoms with Crippen LogP contribution in [0.3, 0.4) is 0 Å². The van der Waals surface area contributed by atoms with E-state index in [9.17, 15) is 18.5 Å². The number of para-hydroxylation sites is 1. The Morgan fingerprint density at radius 1 is 1.35 bits per heavy atom. The van der Waals surface area contributed by atoms with E-state index in [2.05, 4.69) is 4.72 Å². The Kier molecular flexibility index (Phi) is 4.86. The summed E-state index contributed by atoms with van der Waals surface area (Å²) in [4.78, 5) is 10.1. The van der Waals surface area contributed by atoms with Crippen LogP contribution in [-0.2, 0) is 15.8 Å². The van der Waals surface area contributed by atoms with E-state index in [-0.39, 0.29) is 23.7 Å². The van der Waals surface area contributed by atoms with Crippen LogP contribution in [0.4, 0.5) is 5.69 Å². The Bertz CT molecular complexity index is 503. The molecule has 0 saturated heterocycles. The van der Waals surface area contributed by atoms with E-state index in [1.165, 1.54) is 18.2 Å². The minimum Gasteiger partial charge on any atom is -0.258 e. The summed E-state index contributed by atoms with van der Waals surface area (Å²) in [6.45, 7) is 0.102. The van der Waals surface area contributed by atoms with Gasteiger partial charge in [-0.25, -0.2) is 13.1 Å². The maximum Gasteiger partial charge on any atom is 0.273 e. The first kappa shape index (κ1) is 13.9. The van der Waals surface area contributed by atoms with E-state index in [1.807, 2.05) is 0 Å². The van der Waals surface area contributed by atoms with E-state index >= 15 is 0 Å². The number of rotatable bonds is 6. The zero-order valence-electron chi connectivity index (χ0n) is 8.80. The van der Waals surface area contributed by atoms with Gasteiger partial charge in [-0.3, -0.25) is 10.1 Å². The number of nitrogens with one attached hydrogen (secondary N) is 1. The fourth-order valence-electron chi connectivity index (χ4n) is 1.26. The first-order valence-electron chi connectivity index (χ1n) is 4.72. The Balaban J connectivity index is 2.92. The number of nitro groups is 1. The molecule has 1 aromatic carbocycles. The minimum atomic E-state index is -3.59. The average Bonchev–Trinajstić information content (AvgIpc) is 2.26. The summed E-state index contributed by atoms with van der Waals surface area (Å²) in [5.74, 6) is -0.281. The van der Waals surface area contributed by atoms with E-state index in [0.717, 1.165) is 0 Å². The number of hydrogen-bond acceptors (Lipinski definition) is 4. The number of hydrogen-bond donors (Lipinski definition) is 1. The van der Waals surface area contributed by atoms with Crippen molar-refractivity contribution in [2.75, 3.05) is 12.4 Å². The molecule has 1 rings (SSSR count). The van der Waals surface area contributed by atoms with E-state index in [4.69, 9.17) is 11.6 Å². The van der Waals surface area contributed by atoms with Gasteiger partial charge < -0.3 is 0 Å². The maximum atomic E-state index is 11.5. The fourth-order valence-corrected chi connectivity index (χ4v) is 2.64. The molecule has 17 heavy (non-hydrogen) atoms. The lowest BCUT2D eigenvalue weighted by Crippen LogP contribution is -2.27. The molecule has 0 aliphatic heterocycles. The second-order valence-electron chi connectivity index (χ2n) is 3.23. The highest BCUT2D eigenvalue weighted by molar-refractivity contribution is 7.88. The van der Waals surface area contributed by atoms with Gasteiger partial charge in [0, 0.05) is 24.1 Å². The normalized spacial score (nSPS) is 11.4. The van der Waals surface area contributed by atoms with Crippen molar-refractivity contribution in [2.24, 2.45) is 0 Å². The number of alkyl halides is 1. The Hall–Kier alpha value is -1.18. The van der Waals surface area contributed by atoms with Crippen molar-refractivity contribution in [1.29, 1.82) is 0 Å². The maximum absolute atomic E-state index is 11.5. The van der Waals surface area contributed by atoms with Gasteiger partial charge in [-0.15, -0.1) is 11.6 Å². The van der Waals surface area contributed by atoms with Crippen molar-refractivity contribution in [3.8, 4) is 0 Å². The van der Waals surface area contributed by atoms with Crippen LogP contribution in [0.2, 0.25) is 0 Å². The standard InChI is InChI=1S/C9H11ClN2O4S/c10-5-6-11-17(15,16)7-8-3-1-2-4-9(8)12(13)14/h1-4,11H,5-7H2. The molecule has 0 atom stereocenters. The molecule has 8 heteroatoms. The molecule has 0 bridgehead atoms. The lowest BCUT2D eigenvalue weighted by atomic mass is 10.2. The molecule has 0 unspecified atom stereocenters. The number of nitro benzene ring substituents is 1. The number of benzene rings is 1. The Morgan fingerprint density at radius 2 is 2.00 bits per heavy atom. The molecule has 0 aliphatic carbocycles. The van der Waals surface area contributed by atoms with Gasteiger partial charge in [0.2, 0.25) is 10.0 Å². The van der Waals surface area contributed by atoms with Gasteiger partial charge >= 0.3 is 0 Å². The highest BCUT2D eigenvalue weighted by Crippen LogP contribution is 2.19. The molecular formula is C9H11ClN2O4S. The van der Waals surface area contributed by atoms with Crippen molar-refractivity contribution in [1.82, 2.24) is 4.72 Å². The second kappa shape index (κ2) is 5.95. The topological polar surface area (TPSA) is 89.3 Å². The van der Waals surface area contributed by atoms with Gasteiger partial charge in [0.15, 0.2) is 0 Å². The molecule has 1 aromatic rings. The molecule has 0 radical (unpaired) electrons. The number of nitrogens with zero attached hydrogens (tertiary/aromatic N) is 1. The molecule has 0 fully saturated rings. The van der Waals surface area contributed by atoms with Gasteiger partial charge in [0.1, 0.15) is 0 Å². The summed E-state index contributed by atoms with van der Waals surface area (Å²) in [6, 6.07) is 5.73. The van der Waals surface area contributed by atoms with Crippen molar-refractivity contribution >= 4 is 27.3 Å². The van der Waals surface area contributed by atoms with Gasteiger partial charge in [-0.2, -0.15) is 0 Å². The third-order valence-corrected chi connectivity index (χ3v) is 3.47. The second-order valence-corrected chi connectivity index (χ2v) is 5.41. The highest BCUT2D eigenvalue weighted by atomic mass is 35.5. The number of sulfonamides is 1. The summed E-state index contributed by atoms with van der Waals surface area (Å²) >= 11 is 5.36. The lowest BCUT2D eigenvalue weighted by Gasteiger charge is -2.05. The first-order chi connectivity index (χ1) is 7.96. The summed E-state index contributed by atoms with van der Waals surface area (Å²) in [5, 5.41) is 10.7. The van der Waals surface area contributed by atoms with Crippen LogP contribution >= 0.6 is 11.6 Å². The van der Waals surface area contributed by atoms with E-state index < -0.39 is 20.7 Å². The molecule has 6 nitrogen and oxygen atoms in total. The van der Waals surface area contributed by atoms with Crippen molar-refractivity contribution in [3.63, 3.8) is 0 Å². The lowest BCUT2D eigenvalue weighted by molar-refractivity contribution is -0.385. The SMILES string of the molecule is O=[N+]([O-])c1ccccc1CS(=O)(=O)NCCCl. The molecule has 0 heterocycles. The van der Waals surface area contributed by atoms with Crippen LogP contribution < -0.4 is 4.72 Å². The summed E-state index contributed by atoms with van der Waals surface area (Å²) in [6.07, 6.45) is 0. The van der Waals surface area contributed by atoms with Crippen LogP contribution in [0.1, 0.15) is 5.56 Å². The summed E-state index contributed by atoms with van der Waals surface area (Å²) < 4.78 is 25.3. The monoisotopic (exact) mass is 278 g/mol. The zero-order chi connectivity index (χ0) is 12.9. The van der Waals surface area contributed by atoms with Crippen LogP contribution in [0.5, 0.6) is 0 Å². The molecular weight excluding hydrogens is 268 g/mol. The van der Waals surface area contributed by atoms with E-state index in [1.54, 1.807) is 6.07 Å². The van der Waals surface area contributed by atoms with Gasteiger partial charge in [-0.05, 0) is 0 Å². The molecule has 0 aliphatic rings. The largest absolute Gasteiger partial charge is 0.273 e. The van der Waals surface area contributed by atoms with Crippen molar-refractivity contribution in [3.05, 3.63) is 39.9 Å². The predicted octanol–water partition coefficient (Wildman–Crippen LogP) is 1.25. The molecule has 0 amide bonds. The minimum absolute atomic E-state index is 0.102. The zero-order valence-corrected chi connectivity index (χ0v) is 10.4. The van der Waals surface area contributed by atoms with E-state index in [0.29, 0.717) is 0 Å². The van der Waals surface area contributed by atoms with Crippen LogP contribution in [0.25, 0.3) is 0 Å². The van der Waals surface area contributed by atoms with Crippen molar-refractivity contribution in [2.45, 2.75) is 5.75 Å². The Labute approximate surface area is 104 Å². The third kappa shape index (κ3) is 4.29. The first-order valence-corrected chi connectivity index (χ1v) is 6.90. The molecule has 0 spiro atoms.